The molecule has 1 aromatic heterocycles. The van der Waals surface area contributed by atoms with Crippen LogP contribution in [-0.4, -0.2) is 92.6 Å². The minimum atomic E-state index is -4.22. The normalized spacial score (nSPS) is 21.1. The van der Waals surface area contributed by atoms with Crippen LogP contribution in [0.15, 0.2) is 30.3 Å². The fourth-order valence-electron chi connectivity index (χ4n) is 5.66. The molecule has 8 nitrogen and oxygen atoms in total. The number of hydrogen-bond donors (Lipinski definition) is 1. The molecule has 3 aliphatic rings. The van der Waals surface area contributed by atoms with Crippen LogP contribution in [0.5, 0.6) is 5.88 Å². The van der Waals surface area contributed by atoms with Gasteiger partial charge in [0.1, 0.15) is 11.9 Å². The number of hydrogen-bond acceptors (Lipinski definition) is 6. The van der Waals surface area contributed by atoms with E-state index in [1.54, 1.807) is 0 Å². The Morgan fingerprint density at radius 3 is 2.55 bits per heavy atom. The van der Waals surface area contributed by atoms with E-state index in [9.17, 15) is 18.0 Å². The van der Waals surface area contributed by atoms with E-state index in [4.69, 9.17) is 14.5 Å². The number of morpholine rings is 1. The number of benzene rings is 1. The maximum absolute atomic E-state index is 12.9. The SMILES string of the molecule is Cc1ccc(NC(=O)N2CCC(CC(F)(F)F)C2)cc1-c1cc(OC2CCN(C)CC2)nc(N2CCOCC2)c1. The highest BCUT2D eigenvalue weighted by molar-refractivity contribution is 5.90. The van der Waals surface area contributed by atoms with Crippen LogP contribution >= 0.6 is 0 Å². The van der Waals surface area contributed by atoms with E-state index >= 15 is 0 Å². The third-order valence-electron chi connectivity index (χ3n) is 7.97. The van der Waals surface area contributed by atoms with Gasteiger partial charge in [0.15, 0.2) is 0 Å². The molecular weight excluding hydrogens is 523 g/mol. The summed E-state index contributed by atoms with van der Waals surface area (Å²) in [4.78, 5) is 23.7. The van der Waals surface area contributed by atoms with E-state index in [0.29, 0.717) is 37.7 Å². The Balaban J connectivity index is 1.36. The standard InChI is InChI=1S/C29H38F3N5O3/c1-20-3-4-23(33-28(38)37-10-5-21(19-37)18-29(30,31)32)17-25(20)22-15-26(36-11-13-39-14-12-36)34-27(16-22)40-24-6-8-35(2)9-7-24/h3-4,15-17,21,24H,5-14,18-19H2,1-2H3,(H,33,38). The molecule has 0 spiro atoms. The van der Waals surface area contributed by atoms with Gasteiger partial charge in [0.25, 0.3) is 0 Å². The zero-order valence-corrected chi connectivity index (χ0v) is 23.2. The van der Waals surface area contributed by atoms with E-state index in [0.717, 1.165) is 61.5 Å². The molecule has 4 heterocycles. The number of carbonyl (C=O) groups excluding carboxylic acids is 1. The quantitative estimate of drug-likeness (QED) is 0.525. The first kappa shape index (κ1) is 28.5. The third-order valence-corrected chi connectivity index (χ3v) is 7.97. The summed E-state index contributed by atoms with van der Waals surface area (Å²) in [6.07, 6.45) is -2.74. The van der Waals surface area contributed by atoms with Gasteiger partial charge in [-0.2, -0.15) is 18.2 Å². The third kappa shape index (κ3) is 7.37. The Kier molecular flexibility index (Phi) is 8.70. The number of ether oxygens (including phenoxy) is 2. The summed E-state index contributed by atoms with van der Waals surface area (Å²) in [5.41, 5.74) is 3.47. The van der Waals surface area contributed by atoms with Crippen molar-refractivity contribution in [3.05, 3.63) is 35.9 Å². The number of pyridine rings is 1. The average Bonchev–Trinajstić information content (AvgIpc) is 3.38. The average molecular weight is 562 g/mol. The molecule has 11 heteroatoms. The first-order valence-corrected chi connectivity index (χ1v) is 14.1. The van der Waals surface area contributed by atoms with Crippen LogP contribution in [0.3, 0.4) is 0 Å². The van der Waals surface area contributed by atoms with Crippen molar-refractivity contribution in [2.45, 2.75) is 44.9 Å². The molecule has 3 fully saturated rings. The molecule has 1 unspecified atom stereocenters. The molecule has 5 rings (SSSR count). The van der Waals surface area contributed by atoms with Crippen molar-refractivity contribution >= 4 is 17.5 Å². The van der Waals surface area contributed by atoms with E-state index in [1.807, 2.05) is 37.3 Å². The van der Waals surface area contributed by atoms with Gasteiger partial charge in [-0.1, -0.05) is 6.07 Å². The number of rotatable bonds is 6. The molecule has 0 aliphatic carbocycles. The molecule has 218 valence electrons. The summed E-state index contributed by atoms with van der Waals surface area (Å²) in [5, 5.41) is 2.89. The van der Waals surface area contributed by atoms with Gasteiger partial charge in [-0.25, -0.2) is 4.79 Å². The van der Waals surface area contributed by atoms with Gasteiger partial charge in [-0.05, 0) is 74.0 Å². The lowest BCUT2D eigenvalue weighted by Gasteiger charge is -2.31. The zero-order chi connectivity index (χ0) is 28.3. The Hall–Kier alpha value is -3.05. The lowest BCUT2D eigenvalue weighted by atomic mass is 10.00. The van der Waals surface area contributed by atoms with Gasteiger partial charge in [-0.3, -0.25) is 0 Å². The lowest BCUT2D eigenvalue weighted by Crippen LogP contribution is -2.37. The number of amides is 2. The summed E-state index contributed by atoms with van der Waals surface area (Å²) in [7, 11) is 2.12. The molecule has 1 aromatic carbocycles. The highest BCUT2D eigenvalue weighted by Gasteiger charge is 2.36. The number of urea groups is 1. The van der Waals surface area contributed by atoms with Gasteiger partial charge in [0.05, 0.1) is 13.2 Å². The largest absolute Gasteiger partial charge is 0.474 e. The molecule has 2 amide bonds. The molecule has 0 radical (unpaired) electrons. The summed E-state index contributed by atoms with van der Waals surface area (Å²) in [5.74, 6) is 0.846. The van der Waals surface area contributed by atoms with Crippen LogP contribution in [0.4, 0.5) is 29.5 Å². The van der Waals surface area contributed by atoms with Crippen molar-refractivity contribution in [2.75, 3.05) is 69.7 Å². The predicted octanol–water partition coefficient (Wildman–Crippen LogP) is 5.17. The van der Waals surface area contributed by atoms with Crippen molar-refractivity contribution < 1.29 is 27.4 Å². The number of halogens is 3. The van der Waals surface area contributed by atoms with Crippen LogP contribution in [0, 0.1) is 12.8 Å². The first-order valence-electron chi connectivity index (χ1n) is 14.1. The Morgan fingerprint density at radius 1 is 1.07 bits per heavy atom. The minimum absolute atomic E-state index is 0.102. The highest BCUT2D eigenvalue weighted by atomic mass is 19.4. The maximum Gasteiger partial charge on any atom is 0.389 e. The molecule has 40 heavy (non-hydrogen) atoms. The number of aryl methyl sites for hydroxylation is 1. The number of anilines is 2. The van der Waals surface area contributed by atoms with Crippen molar-refractivity contribution in [1.29, 1.82) is 0 Å². The highest BCUT2D eigenvalue weighted by Crippen LogP contribution is 2.34. The fourth-order valence-corrected chi connectivity index (χ4v) is 5.66. The number of aromatic nitrogens is 1. The number of likely N-dealkylation sites (tertiary alicyclic amines) is 2. The smallest absolute Gasteiger partial charge is 0.389 e. The molecule has 0 bridgehead atoms. The second kappa shape index (κ2) is 12.2. The summed E-state index contributed by atoms with van der Waals surface area (Å²) in [6.45, 7) is 7.15. The molecule has 3 aliphatic heterocycles. The Bertz CT molecular complexity index is 1180. The number of alkyl halides is 3. The second-order valence-corrected chi connectivity index (χ2v) is 11.2. The number of nitrogens with zero attached hydrogens (tertiary/aromatic N) is 4. The fraction of sp³-hybridized carbons (Fsp3) is 0.586. The van der Waals surface area contributed by atoms with Gasteiger partial charge in [-0.15, -0.1) is 0 Å². The number of piperidine rings is 1. The maximum atomic E-state index is 12.9. The van der Waals surface area contributed by atoms with Crippen LogP contribution < -0.4 is 15.0 Å². The minimum Gasteiger partial charge on any atom is -0.474 e. The predicted molar refractivity (Wildman–Crippen MR) is 148 cm³/mol. The van der Waals surface area contributed by atoms with Crippen molar-refractivity contribution in [3.8, 4) is 17.0 Å². The van der Waals surface area contributed by atoms with Gasteiger partial charge < -0.3 is 29.5 Å². The van der Waals surface area contributed by atoms with Crippen LogP contribution in [-0.2, 0) is 4.74 Å². The molecule has 3 saturated heterocycles. The molecule has 1 atom stereocenters. The monoisotopic (exact) mass is 561 g/mol. The van der Waals surface area contributed by atoms with E-state index in [2.05, 4.69) is 22.2 Å². The molecular formula is C29H38F3N5O3. The summed E-state index contributed by atoms with van der Waals surface area (Å²) < 4.78 is 50.3. The van der Waals surface area contributed by atoms with E-state index in [1.165, 1.54) is 4.90 Å². The first-order chi connectivity index (χ1) is 19.1. The lowest BCUT2D eigenvalue weighted by molar-refractivity contribution is -0.143. The number of nitrogens with one attached hydrogen (secondary N) is 1. The van der Waals surface area contributed by atoms with Crippen LogP contribution in [0.25, 0.3) is 11.1 Å². The zero-order valence-electron chi connectivity index (χ0n) is 23.2. The summed E-state index contributed by atoms with van der Waals surface area (Å²) >= 11 is 0. The van der Waals surface area contributed by atoms with E-state index < -0.39 is 18.5 Å². The van der Waals surface area contributed by atoms with E-state index in [-0.39, 0.29) is 18.7 Å². The number of carbonyl (C=O) groups is 1. The van der Waals surface area contributed by atoms with Gasteiger partial charge in [0.2, 0.25) is 5.88 Å². The molecule has 1 N–H and O–H groups in total. The van der Waals surface area contributed by atoms with Crippen LogP contribution in [0.1, 0.15) is 31.2 Å². The van der Waals surface area contributed by atoms with Crippen LogP contribution in [0.2, 0.25) is 0 Å². The van der Waals surface area contributed by atoms with Gasteiger partial charge >= 0.3 is 12.2 Å². The van der Waals surface area contributed by atoms with Crippen molar-refractivity contribution in [1.82, 2.24) is 14.8 Å². The van der Waals surface area contributed by atoms with Gasteiger partial charge in [0, 0.05) is 57.4 Å². The Morgan fingerprint density at radius 2 is 1.82 bits per heavy atom. The second-order valence-electron chi connectivity index (χ2n) is 11.2. The summed E-state index contributed by atoms with van der Waals surface area (Å²) in [6, 6.07) is 9.29. The van der Waals surface area contributed by atoms with Crippen molar-refractivity contribution in [2.24, 2.45) is 5.92 Å². The Labute approximate surface area is 233 Å². The topological polar surface area (TPSA) is 70.2 Å². The molecule has 2 aromatic rings. The molecule has 0 saturated carbocycles. The van der Waals surface area contributed by atoms with Crippen molar-refractivity contribution in [3.63, 3.8) is 0 Å².